The molecule has 0 radical (unpaired) electrons. The van der Waals surface area contributed by atoms with Gasteiger partial charge in [0.15, 0.2) is 0 Å². The van der Waals surface area contributed by atoms with Gasteiger partial charge in [0.2, 0.25) is 0 Å². The van der Waals surface area contributed by atoms with Crippen molar-refractivity contribution in [2.45, 2.75) is 0 Å². The molecular weight excluding hydrogens is 270 g/mol. The SMILES string of the molecule is COc1ccc2ccnc3c4cccc5cccc(c1c23)c54. The van der Waals surface area contributed by atoms with Crippen molar-refractivity contribution in [3.63, 3.8) is 0 Å². The van der Waals surface area contributed by atoms with Gasteiger partial charge in [0.05, 0.1) is 12.6 Å². The zero-order chi connectivity index (χ0) is 14.7. The van der Waals surface area contributed by atoms with Crippen molar-refractivity contribution in [2.24, 2.45) is 0 Å². The van der Waals surface area contributed by atoms with Gasteiger partial charge < -0.3 is 4.74 Å². The smallest absolute Gasteiger partial charge is 0.127 e. The van der Waals surface area contributed by atoms with Crippen molar-refractivity contribution in [2.75, 3.05) is 7.11 Å². The lowest BCUT2D eigenvalue weighted by atomic mass is 9.92. The maximum Gasteiger partial charge on any atom is 0.127 e. The van der Waals surface area contributed by atoms with Crippen LogP contribution >= 0.6 is 0 Å². The first-order valence-corrected chi connectivity index (χ1v) is 7.36. The van der Waals surface area contributed by atoms with Gasteiger partial charge in [0.25, 0.3) is 0 Å². The summed E-state index contributed by atoms with van der Waals surface area (Å²) in [7, 11) is 1.73. The second-order valence-electron chi connectivity index (χ2n) is 5.61. The van der Waals surface area contributed by atoms with Gasteiger partial charge in [-0.1, -0.05) is 42.5 Å². The fraction of sp³-hybridized carbons (Fsp3) is 0.0500. The number of aromatic nitrogens is 1. The Bertz CT molecular complexity index is 1150. The van der Waals surface area contributed by atoms with Crippen LogP contribution < -0.4 is 4.74 Å². The Balaban J connectivity index is 2.28. The van der Waals surface area contributed by atoms with Gasteiger partial charge in [-0.05, 0) is 33.7 Å². The molecule has 5 rings (SSSR count). The Labute approximate surface area is 127 Å². The number of hydrogen-bond donors (Lipinski definition) is 0. The summed E-state index contributed by atoms with van der Waals surface area (Å²) < 4.78 is 5.65. The Hall–Kier alpha value is -2.87. The number of benzene rings is 4. The highest BCUT2D eigenvalue weighted by Gasteiger charge is 2.16. The maximum absolute atomic E-state index is 5.65. The molecule has 0 atom stereocenters. The third-order valence-electron chi connectivity index (χ3n) is 4.54. The van der Waals surface area contributed by atoms with Crippen LogP contribution in [0.4, 0.5) is 0 Å². The fourth-order valence-corrected chi connectivity index (χ4v) is 3.64. The van der Waals surface area contributed by atoms with E-state index in [-0.39, 0.29) is 0 Å². The minimum Gasteiger partial charge on any atom is -0.496 e. The van der Waals surface area contributed by atoms with E-state index in [2.05, 4.69) is 53.5 Å². The van der Waals surface area contributed by atoms with Crippen LogP contribution in [0.15, 0.2) is 60.8 Å². The van der Waals surface area contributed by atoms with Crippen LogP contribution in [-0.4, -0.2) is 12.1 Å². The average Bonchev–Trinajstić information content (AvgIpc) is 2.59. The molecule has 0 amide bonds. The summed E-state index contributed by atoms with van der Waals surface area (Å²) in [4.78, 5) is 4.68. The molecule has 0 N–H and O–H groups in total. The van der Waals surface area contributed by atoms with Crippen molar-refractivity contribution in [1.29, 1.82) is 0 Å². The molecule has 0 saturated carbocycles. The normalized spacial score (nSPS) is 11.9. The first-order valence-electron chi connectivity index (χ1n) is 7.36. The number of rotatable bonds is 1. The van der Waals surface area contributed by atoms with Crippen LogP contribution in [0.5, 0.6) is 5.75 Å². The molecule has 0 spiro atoms. The first kappa shape index (κ1) is 11.8. The predicted octanol–water partition coefficient (Wildman–Crippen LogP) is 5.14. The van der Waals surface area contributed by atoms with Gasteiger partial charge in [0, 0.05) is 22.4 Å². The number of methoxy groups -OCH3 is 1. The molecule has 0 fully saturated rings. The van der Waals surface area contributed by atoms with Gasteiger partial charge in [-0.15, -0.1) is 0 Å². The third-order valence-corrected chi connectivity index (χ3v) is 4.54. The van der Waals surface area contributed by atoms with Crippen LogP contribution in [0.3, 0.4) is 0 Å². The highest BCUT2D eigenvalue weighted by Crippen LogP contribution is 2.42. The fourth-order valence-electron chi connectivity index (χ4n) is 3.64. The zero-order valence-electron chi connectivity index (χ0n) is 12.1. The summed E-state index contributed by atoms with van der Waals surface area (Å²) in [5, 5.41) is 8.50. The Morgan fingerprint density at radius 3 is 2.32 bits per heavy atom. The van der Waals surface area contributed by atoms with E-state index in [1.165, 1.54) is 32.3 Å². The molecule has 104 valence electrons. The highest BCUT2D eigenvalue weighted by atomic mass is 16.5. The quantitative estimate of drug-likeness (QED) is 0.314. The van der Waals surface area contributed by atoms with Crippen molar-refractivity contribution in [3.05, 3.63) is 60.8 Å². The third kappa shape index (κ3) is 1.32. The second-order valence-corrected chi connectivity index (χ2v) is 5.61. The monoisotopic (exact) mass is 283 g/mol. The number of fused-ring (bicyclic) bond motifs is 2. The highest BCUT2D eigenvalue weighted by molar-refractivity contribution is 6.33. The summed E-state index contributed by atoms with van der Waals surface area (Å²) in [6.45, 7) is 0. The van der Waals surface area contributed by atoms with Crippen molar-refractivity contribution < 1.29 is 4.74 Å². The molecular formula is C20H13NO. The number of pyridine rings is 1. The first-order chi connectivity index (χ1) is 10.9. The van der Waals surface area contributed by atoms with E-state index in [1.54, 1.807) is 7.11 Å². The lowest BCUT2D eigenvalue weighted by molar-refractivity contribution is 0.420. The minimum atomic E-state index is 0.906. The average molecular weight is 283 g/mol. The predicted molar refractivity (Wildman–Crippen MR) is 92.0 cm³/mol. The van der Waals surface area contributed by atoms with E-state index in [4.69, 9.17) is 4.74 Å². The van der Waals surface area contributed by atoms with Gasteiger partial charge in [-0.25, -0.2) is 0 Å². The van der Waals surface area contributed by atoms with E-state index in [1.807, 2.05) is 12.3 Å². The molecule has 0 saturated heterocycles. The molecule has 2 nitrogen and oxygen atoms in total. The molecule has 0 aliphatic carbocycles. The largest absolute Gasteiger partial charge is 0.496 e. The van der Waals surface area contributed by atoms with Gasteiger partial charge in [-0.3, -0.25) is 4.98 Å². The minimum absolute atomic E-state index is 0.906. The number of ether oxygens (including phenoxy) is 1. The van der Waals surface area contributed by atoms with Gasteiger partial charge in [-0.2, -0.15) is 0 Å². The van der Waals surface area contributed by atoms with Crippen LogP contribution in [0, 0.1) is 0 Å². The molecule has 0 aliphatic rings. The topological polar surface area (TPSA) is 22.1 Å². The Kier molecular flexibility index (Phi) is 2.18. The van der Waals surface area contributed by atoms with Crippen molar-refractivity contribution in [3.8, 4) is 5.75 Å². The molecule has 0 bridgehead atoms. The van der Waals surface area contributed by atoms with E-state index in [0.29, 0.717) is 0 Å². The summed E-state index contributed by atoms with van der Waals surface area (Å²) in [5.41, 5.74) is 1.05. The second kappa shape index (κ2) is 4.08. The Morgan fingerprint density at radius 2 is 1.50 bits per heavy atom. The molecule has 22 heavy (non-hydrogen) atoms. The number of nitrogens with zero attached hydrogens (tertiary/aromatic N) is 1. The summed E-state index contributed by atoms with van der Waals surface area (Å²) >= 11 is 0. The van der Waals surface area contributed by atoms with Crippen LogP contribution in [0.25, 0.3) is 43.2 Å². The molecule has 1 heterocycles. The van der Waals surface area contributed by atoms with Crippen LogP contribution in [0.2, 0.25) is 0 Å². The molecule has 1 aromatic heterocycles. The molecule has 2 heteroatoms. The van der Waals surface area contributed by atoms with E-state index in [0.717, 1.165) is 16.7 Å². The maximum atomic E-state index is 5.65. The van der Waals surface area contributed by atoms with E-state index < -0.39 is 0 Å². The van der Waals surface area contributed by atoms with Gasteiger partial charge >= 0.3 is 0 Å². The standard InChI is InChI=1S/C20H13NO/c1-22-16-9-8-13-10-11-21-20-15-7-3-5-12-4-2-6-14(17(12)15)19(16)18(13)20/h2-11H,1H3. The van der Waals surface area contributed by atoms with Crippen LogP contribution in [0.1, 0.15) is 0 Å². The number of hydrogen-bond acceptors (Lipinski definition) is 2. The molecule has 4 aromatic carbocycles. The lowest BCUT2D eigenvalue weighted by Gasteiger charge is -2.15. The van der Waals surface area contributed by atoms with Crippen molar-refractivity contribution in [1.82, 2.24) is 4.98 Å². The lowest BCUT2D eigenvalue weighted by Crippen LogP contribution is -1.92. The summed E-state index contributed by atoms with van der Waals surface area (Å²) in [6.07, 6.45) is 1.89. The van der Waals surface area contributed by atoms with E-state index >= 15 is 0 Å². The molecule has 0 unspecified atom stereocenters. The Morgan fingerprint density at radius 1 is 0.727 bits per heavy atom. The summed E-state index contributed by atoms with van der Waals surface area (Å²) in [6, 6.07) is 19.1. The summed E-state index contributed by atoms with van der Waals surface area (Å²) in [5.74, 6) is 0.906. The molecule has 0 aliphatic heterocycles. The van der Waals surface area contributed by atoms with Gasteiger partial charge in [0.1, 0.15) is 5.75 Å². The van der Waals surface area contributed by atoms with Crippen molar-refractivity contribution >= 4 is 43.2 Å². The van der Waals surface area contributed by atoms with Crippen LogP contribution in [-0.2, 0) is 0 Å². The molecule has 5 aromatic rings. The zero-order valence-corrected chi connectivity index (χ0v) is 12.1. The van der Waals surface area contributed by atoms with E-state index in [9.17, 15) is 0 Å².